The lowest BCUT2D eigenvalue weighted by molar-refractivity contribution is -0.132. The van der Waals surface area contributed by atoms with Crippen LogP contribution in [0.5, 0.6) is 0 Å². The molecule has 0 aromatic heterocycles. The second kappa shape index (κ2) is 6.26. The van der Waals surface area contributed by atoms with Crippen molar-refractivity contribution in [2.75, 3.05) is 30.3 Å². The van der Waals surface area contributed by atoms with Gasteiger partial charge in [0.2, 0.25) is 11.8 Å². The van der Waals surface area contributed by atoms with E-state index in [1.807, 2.05) is 18.2 Å². The summed E-state index contributed by atoms with van der Waals surface area (Å²) >= 11 is 1.45. The molecule has 2 aliphatic rings. The minimum absolute atomic E-state index is 0.0114. The molecular formula is C15H17FN2O3S. The Bertz CT molecular complexity index is 598. The fourth-order valence-corrected chi connectivity index (χ4v) is 3.83. The summed E-state index contributed by atoms with van der Waals surface area (Å²) in [7, 11) is 0. The van der Waals surface area contributed by atoms with Crippen molar-refractivity contribution in [3.8, 4) is 0 Å². The van der Waals surface area contributed by atoms with Crippen molar-refractivity contribution in [1.29, 1.82) is 0 Å². The Hall–Kier alpha value is -1.60. The van der Waals surface area contributed by atoms with Gasteiger partial charge >= 0.3 is 0 Å². The van der Waals surface area contributed by atoms with Gasteiger partial charge in [0, 0.05) is 11.3 Å². The zero-order chi connectivity index (χ0) is 15.7. The van der Waals surface area contributed by atoms with E-state index in [0.717, 1.165) is 4.90 Å². The molecule has 22 heavy (non-hydrogen) atoms. The number of amides is 2. The first-order valence-corrected chi connectivity index (χ1v) is 8.15. The van der Waals surface area contributed by atoms with E-state index in [1.54, 1.807) is 6.07 Å². The van der Waals surface area contributed by atoms with Crippen molar-refractivity contribution in [2.24, 2.45) is 0 Å². The fourth-order valence-electron chi connectivity index (χ4n) is 2.89. The summed E-state index contributed by atoms with van der Waals surface area (Å²) < 4.78 is 13.5. The lowest BCUT2D eigenvalue weighted by atomic mass is 10.2. The standard InChI is InChI=1S/C15H17FN2O3S/c16-10-5-11(8-19)17(6-10)14(20)7-18-12-3-1-2-4-13(12)22-9-15(18)21/h1-4,10-11,19H,5-9H2/t10-,11-/m0/s1. The van der Waals surface area contributed by atoms with Gasteiger partial charge in [-0.15, -0.1) is 11.8 Å². The first-order chi connectivity index (χ1) is 10.6. The highest BCUT2D eigenvalue weighted by molar-refractivity contribution is 8.00. The predicted molar refractivity (Wildman–Crippen MR) is 81.6 cm³/mol. The predicted octanol–water partition coefficient (Wildman–Crippen LogP) is 1.06. The number of hydrogen-bond acceptors (Lipinski definition) is 4. The van der Waals surface area contributed by atoms with Crippen molar-refractivity contribution in [1.82, 2.24) is 4.90 Å². The minimum Gasteiger partial charge on any atom is -0.394 e. The van der Waals surface area contributed by atoms with Crippen molar-refractivity contribution in [3.63, 3.8) is 0 Å². The van der Waals surface area contributed by atoms with Crippen molar-refractivity contribution in [3.05, 3.63) is 24.3 Å². The summed E-state index contributed by atoms with van der Waals surface area (Å²) in [6, 6.07) is 6.93. The van der Waals surface area contributed by atoms with E-state index in [-0.39, 0.29) is 37.9 Å². The van der Waals surface area contributed by atoms with Crippen LogP contribution in [-0.2, 0) is 9.59 Å². The van der Waals surface area contributed by atoms with E-state index < -0.39 is 12.2 Å². The summed E-state index contributed by atoms with van der Waals surface area (Å²) in [5, 5.41) is 9.27. The molecule has 2 aliphatic heterocycles. The Labute approximate surface area is 132 Å². The molecule has 0 saturated carbocycles. The molecule has 0 spiro atoms. The van der Waals surface area contributed by atoms with Crippen LogP contribution in [0.15, 0.2) is 29.2 Å². The van der Waals surface area contributed by atoms with Gasteiger partial charge in [0.05, 0.1) is 30.6 Å². The van der Waals surface area contributed by atoms with Gasteiger partial charge in [0.25, 0.3) is 0 Å². The summed E-state index contributed by atoms with van der Waals surface area (Å²) in [5.74, 6) is -0.165. The third-order valence-electron chi connectivity index (χ3n) is 4.00. The number of anilines is 1. The van der Waals surface area contributed by atoms with Gasteiger partial charge in [-0.2, -0.15) is 0 Å². The summed E-state index contributed by atoms with van der Waals surface area (Å²) in [5.41, 5.74) is 0.716. The molecule has 7 heteroatoms. The monoisotopic (exact) mass is 324 g/mol. The molecule has 1 saturated heterocycles. The molecule has 118 valence electrons. The number of carbonyl (C=O) groups is 2. The van der Waals surface area contributed by atoms with Gasteiger partial charge in [0.15, 0.2) is 0 Å². The molecule has 0 aliphatic carbocycles. The molecule has 0 bridgehead atoms. The summed E-state index contributed by atoms with van der Waals surface area (Å²) in [6.45, 7) is -0.380. The maximum atomic E-state index is 13.5. The number of hydrogen-bond donors (Lipinski definition) is 1. The number of aliphatic hydroxyl groups excluding tert-OH is 1. The van der Waals surface area contributed by atoms with Crippen LogP contribution in [0.3, 0.4) is 0 Å². The zero-order valence-electron chi connectivity index (χ0n) is 11.9. The van der Waals surface area contributed by atoms with Crippen LogP contribution >= 0.6 is 11.8 Å². The first kappa shape index (κ1) is 15.3. The van der Waals surface area contributed by atoms with Gasteiger partial charge in [-0.05, 0) is 12.1 Å². The van der Waals surface area contributed by atoms with Crippen LogP contribution in [0.4, 0.5) is 10.1 Å². The third kappa shape index (κ3) is 2.83. The van der Waals surface area contributed by atoms with Crippen LogP contribution in [0.1, 0.15) is 6.42 Å². The van der Waals surface area contributed by atoms with Gasteiger partial charge in [-0.25, -0.2) is 4.39 Å². The topological polar surface area (TPSA) is 60.9 Å². The Morgan fingerprint density at radius 3 is 2.95 bits per heavy atom. The molecule has 2 atom stereocenters. The van der Waals surface area contributed by atoms with E-state index >= 15 is 0 Å². The van der Waals surface area contributed by atoms with Gasteiger partial charge in [-0.1, -0.05) is 12.1 Å². The second-order valence-corrected chi connectivity index (χ2v) is 6.47. The van der Waals surface area contributed by atoms with E-state index in [1.165, 1.54) is 21.6 Å². The number of fused-ring (bicyclic) bond motifs is 1. The average Bonchev–Trinajstić information content (AvgIpc) is 2.91. The van der Waals surface area contributed by atoms with Crippen molar-refractivity contribution < 1.29 is 19.1 Å². The van der Waals surface area contributed by atoms with Crippen LogP contribution in [0.25, 0.3) is 0 Å². The number of likely N-dealkylation sites (tertiary alicyclic amines) is 1. The molecule has 5 nitrogen and oxygen atoms in total. The van der Waals surface area contributed by atoms with Crippen molar-refractivity contribution >= 4 is 29.3 Å². The number of rotatable bonds is 3. The maximum Gasteiger partial charge on any atom is 0.243 e. The second-order valence-electron chi connectivity index (χ2n) is 5.45. The summed E-state index contributed by atoms with van der Waals surface area (Å²) in [4.78, 5) is 28.3. The highest BCUT2D eigenvalue weighted by Crippen LogP contribution is 2.35. The maximum absolute atomic E-state index is 13.5. The van der Waals surface area contributed by atoms with Crippen LogP contribution in [-0.4, -0.2) is 59.5 Å². The normalized spacial score (nSPS) is 24.5. The van der Waals surface area contributed by atoms with Crippen molar-refractivity contribution in [2.45, 2.75) is 23.5 Å². The highest BCUT2D eigenvalue weighted by atomic mass is 32.2. The molecular weight excluding hydrogens is 307 g/mol. The smallest absolute Gasteiger partial charge is 0.243 e. The van der Waals surface area contributed by atoms with Gasteiger partial charge in [0.1, 0.15) is 12.7 Å². The number of thioether (sulfide) groups is 1. The SMILES string of the molecule is O=C1CSc2ccccc2N1CC(=O)N1C[C@@H](F)C[C@H]1CO. The Balaban J connectivity index is 1.78. The zero-order valence-corrected chi connectivity index (χ0v) is 12.8. The fraction of sp³-hybridized carbons (Fsp3) is 0.467. The molecule has 1 fully saturated rings. The number of alkyl halides is 1. The third-order valence-corrected chi connectivity index (χ3v) is 5.04. The minimum atomic E-state index is -1.11. The number of benzene rings is 1. The van der Waals surface area contributed by atoms with E-state index in [0.29, 0.717) is 11.4 Å². The number of para-hydroxylation sites is 1. The molecule has 1 N–H and O–H groups in total. The van der Waals surface area contributed by atoms with Crippen LogP contribution in [0.2, 0.25) is 0 Å². The highest BCUT2D eigenvalue weighted by Gasteiger charge is 2.36. The number of nitrogens with zero attached hydrogens (tertiary/aromatic N) is 2. The number of aliphatic hydroxyl groups is 1. The molecule has 2 amide bonds. The molecule has 0 unspecified atom stereocenters. The largest absolute Gasteiger partial charge is 0.394 e. The van der Waals surface area contributed by atoms with Crippen LogP contribution < -0.4 is 4.90 Å². The molecule has 2 heterocycles. The van der Waals surface area contributed by atoms with Crippen LogP contribution in [0, 0.1) is 0 Å². The quantitative estimate of drug-likeness (QED) is 0.903. The lowest BCUT2D eigenvalue weighted by Crippen LogP contribution is -2.47. The van der Waals surface area contributed by atoms with E-state index in [4.69, 9.17) is 0 Å². The number of halogens is 1. The molecule has 0 radical (unpaired) electrons. The molecule has 1 aromatic carbocycles. The molecule has 3 rings (SSSR count). The molecule has 1 aromatic rings. The van der Waals surface area contributed by atoms with Gasteiger partial charge < -0.3 is 14.9 Å². The Morgan fingerprint density at radius 2 is 2.18 bits per heavy atom. The van der Waals surface area contributed by atoms with E-state index in [9.17, 15) is 19.1 Å². The Morgan fingerprint density at radius 1 is 1.41 bits per heavy atom. The first-order valence-electron chi connectivity index (χ1n) is 7.16. The lowest BCUT2D eigenvalue weighted by Gasteiger charge is -2.31. The van der Waals surface area contributed by atoms with Gasteiger partial charge in [-0.3, -0.25) is 9.59 Å². The number of carbonyl (C=O) groups excluding carboxylic acids is 2. The summed E-state index contributed by atoms with van der Waals surface area (Å²) in [6.07, 6.45) is -0.955. The Kier molecular flexibility index (Phi) is 4.35. The average molecular weight is 324 g/mol. The van der Waals surface area contributed by atoms with E-state index in [2.05, 4.69) is 0 Å².